The van der Waals surface area contributed by atoms with Crippen LogP contribution >= 0.6 is 0 Å². The highest BCUT2D eigenvalue weighted by atomic mass is 16.5. The molecule has 1 saturated carbocycles. The summed E-state index contributed by atoms with van der Waals surface area (Å²) in [5.74, 6) is 0. The second kappa shape index (κ2) is 7.99. The quantitative estimate of drug-likeness (QED) is 0.766. The predicted molar refractivity (Wildman–Crippen MR) is 82.4 cm³/mol. The second-order valence-corrected chi connectivity index (χ2v) is 6.43. The number of urea groups is 1. The highest BCUT2D eigenvalue weighted by molar-refractivity contribution is 5.74. The molecule has 0 radical (unpaired) electrons. The molecule has 0 aromatic heterocycles. The van der Waals surface area contributed by atoms with E-state index in [1.165, 1.54) is 25.7 Å². The monoisotopic (exact) mass is 298 g/mol. The van der Waals surface area contributed by atoms with Crippen LogP contribution in [0.3, 0.4) is 0 Å². The van der Waals surface area contributed by atoms with Crippen LogP contribution in [-0.2, 0) is 9.47 Å². The molecule has 0 unspecified atom stereocenters. The van der Waals surface area contributed by atoms with Gasteiger partial charge in [0.05, 0.1) is 19.3 Å². The molecular weight excluding hydrogens is 268 g/mol. The molecule has 2 fully saturated rings. The van der Waals surface area contributed by atoms with E-state index in [1.54, 1.807) is 0 Å². The largest absolute Gasteiger partial charge is 0.382 e. The lowest BCUT2D eigenvalue weighted by Crippen LogP contribution is -2.52. The highest BCUT2D eigenvalue weighted by Crippen LogP contribution is 2.40. The van der Waals surface area contributed by atoms with Crippen molar-refractivity contribution in [2.75, 3.05) is 39.5 Å². The van der Waals surface area contributed by atoms with Gasteiger partial charge in [0.2, 0.25) is 0 Å². The van der Waals surface area contributed by atoms with Crippen molar-refractivity contribution in [2.45, 2.75) is 52.0 Å². The average Bonchev–Trinajstić information content (AvgIpc) is 2.95. The number of hydrogen-bond donors (Lipinski definition) is 1. The molecule has 1 aliphatic heterocycles. The first kappa shape index (κ1) is 16.6. The molecule has 21 heavy (non-hydrogen) atoms. The molecule has 1 saturated heterocycles. The van der Waals surface area contributed by atoms with Crippen LogP contribution in [0, 0.1) is 5.41 Å². The first-order valence-corrected chi connectivity index (χ1v) is 8.37. The van der Waals surface area contributed by atoms with E-state index in [9.17, 15) is 4.79 Å². The molecule has 2 amide bonds. The molecule has 0 aromatic carbocycles. The Labute approximate surface area is 128 Å². The van der Waals surface area contributed by atoms with Gasteiger partial charge < -0.3 is 19.7 Å². The summed E-state index contributed by atoms with van der Waals surface area (Å²) in [5, 5.41) is 3.17. The molecule has 1 N–H and O–H groups in total. The van der Waals surface area contributed by atoms with Crippen molar-refractivity contribution >= 4 is 6.03 Å². The van der Waals surface area contributed by atoms with Crippen molar-refractivity contribution in [1.29, 1.82) is 0 Å². The fourth-order valence-electron chi connectivity index (χ4n) is 3.47. The molecule has 0 aromatic rings. The van der Waals surface area contributed by atoms with E-state index in [0.29, 0.717) is 19.8 Å². The molecule has 1 heterocycles. The Morgan fingerprint density at radius 2 is 2.19 bits per heavy atom. The number of carbonyl (C=O) groups excluding carboxylic acids is 1. The van der Waals surface area contributed by atoms with Gasteiger partial charge in [0.15, 0.2) is 0 Å². The van der Waals surface area contributed by atoms with E-state index in [2.05, 4.69) is 5.32 Å². The second-order valence-electron chi connectivity index (χ2n) is 6.43. The molecule has 1 atom stereocenters. The summed E-state index contributed by atoms with van der Waals surface area (Å²) in [6, 6.07) is 0.232. The van der Waals surface area contributed by atoms with Gasteiger partial charge in [0, 0.05) is 26.3 Å². The summed E-state index contributed by atoms with van der Waals surface area (Å²) in [5.41, 5.74) is 0.250. The van der Waals surface area contributed by atoms with Gasteiger partial charge >= 0.3 is 6.03 Å². The van der Waals surface area contributed by atoms with E-state index in [-0.39, 0.29) is 17.5 Å². The standard InChI is InChI=1S/C16H30N2O3/c1-3-20-10-8-16(6-4-5-7-16)13-17-15(19)18-9-11-21-12-14(18)2/h14H,3-13H2,1-2H3,(H,17,19)/t14-/m1/s1. The number of hydrogen-bond acceptors (Lipinski definition) is 3. The Bertz CT molecular complexity index is 329. The molecule has 2 aliphatic rings. The van der Waals surface area contributed by atoms with Crippen molar-refractivity contribution in [1.82, 2.24) is 10.2 Å². The van der Waals surface area contributed by atoms with Gasteiger partial charge in [-0.1, -0.05) is 12.8 Å². The van der Waals surface area contributed by atoms with Crippen molar-refractivity contribution in [3.63, 3.8) is 0 Å². The van der Waals surface area contributed by atoms with Crippen LogP contribution in [-0.4, -0.2) is 56.5 Å². The Hall–Kier alpha value is -0.810. The molecule has 5 heteroatoms. The minimum absolute atomic E-state index is 0.0634. The Morgan fingerprint density at radius 3 is 2.86 bits per heavy atom. The van der Waals surface area contributed by atoms with Gasteiger partial charge in [-0.25, -0.2) is 4.79 Å². The number of rotatable bonds is 6. The Balaban J connectivity index is 1.82. The maximum absolute atomic E-state index is 12.4. The van der Waals surface area contributed by atoms with Crippen molar-refractivity contribution in [3.05, 3.63) is 0 Å². The number of morpholine rings is 1. The van der Waals surface area contributed by atoms with E-state index in [4.69, 9.17) is 9.47 Å². The topological polar surface area (TPSA) is 50.8 Å². The first-order valence-electron chi connectivity index (χ1n) is 8.37. The van der Waals surface area contributed by atoms with Gasteiger partial charge in [-0.05, 0) is 38.5 Å². The molecule has 2 rings (SSSR count). The zero-order valence-electron chi connectivity index (χ0n) is 13.5. The van der Waals surface area contributed by atoms with Crippen LogP contribution in [0.15, 0.2) is 0 Å². The molecule has 0 spiro atoms. The third kappa shape index (κ3) is 4.58. The van der Waals surface area contributed by atoms with Gasteiger partial charge in [-0.15, -0.1) is 0 Å². The van der Waals surface area contributed by atoms with Gasteiger partial charge in [0.25, 0.3) is 0 Å². The zero-order chi connectivity index (χ0) is 15.1. The minimum Gasteiger partial charge on any atom is -0.382 e. The summed E-state index contributed by atoms with van der Waals surface area (Å²) in [6.45, 7) is 8.41. The summed E-state index contributed by atoms with van der Waals surface area (Å²) in [4.78, 5) is 14.3. The Kier molecular flexibility index (Phi) is 6.30. The lowest BCUT2D eigenvalue weighted by Gasteiger charge is -2.35. The van der Waals surface area contributed by atoms with E-state index < -0.39 is 0 Å². The summed E-state index contributed by atoms with van der Waals surface area (Å²) >= 11 is 0. The predicted octanol–water partition coefficient (Wildman–Crippen LogP) is 2.40. The van der Waals surface area contributed by atoms with E-state index >= 15 is 0 Å². The number of amides is 2. The molecular formula is C16H30N2O3. The maximum atomic E-state index is 12.4. The average molecular weight is 298 g/mol. The van der Waals surface area contributed by atoms with Gasteiger partial charge in [-0.2, -0.15) is 0 Å². The van der Waals surface area contributed by atoms with Gasteiger partial charge in [0.1, 0.15) is 0 Å². The number of carbonyl (C=O) groups is 1. The number of nitrogens with one attached hydrogen (secondary N) is 1. The van der Waals surface area contributed by atoms with Crippen LogP contribution in [0.1, 0.15) is 46.0 Å². The van der Waals surface area contributed by atoms with E-state index in [1.807, 2.05) is 18.7 Å². The summed E-state index contributed by atoms with van der Waals surface area (Å²) < 4.78 is 10.9. The normalized spacial score (nSPS) is 25.0. The summed E-state index contributed by atoms with van der Waals surface area (Å²) in [6.07, 6.45) is 6.02. The highest BCUT2D eigenvalue weighted by Gasteiger charge is 2.34. The van der Waals surface area contributed by atoms with Crippen LogP contribution in [0.25, 0.3) is 0 Å². The third-order valence-electron chi connectivity index (χ3n) is 4.89. The smallest absolute Gasteiger partial charge is 0.317 e. The van der Waals surface area contributed by atoms with Crippen molar-refractivity contribution < 1.29 is 14.3 Å². The minimum atomic E-state index is 0.0634. The molecule has 122 valence electrons. The lowest BCUT2D eigenvalue weighted by molar-refractivity contribution is 0.0180. The van der Waals surface area contributed by atoms with E-state index in [0.717, 1.165) is 26.2 Å². The third-order valence-corrected chi connectivity index (χ3v) is 4.89. The zero-order valence-corrected chi connectivity index (χ0v) is 13.5. The van der Waals surface area contributed by atoms with Crippen LogP contribution in [0.5, 0.6) is 0 Å². The van der Waals surface area contributed by atoms with Crippen molar-refractivity contribution in [2.24, 2.45) is 5.41 Å². The fourth-order valence-corrected chi connectivity index (χ4v) is 3.47. The lowest BCUT2D eigenvalue weighted by atomic mass is 9.83. The van der Waals surface area contributed by atoms with Crippen LogP contribution in [0.4, 0.5) is 4.79 Å². The van der Waals surface area contributed by atoms with Crippen LogP contribution in [0.2, 0.25) is 0 Å². The number of ether oxygens (including phenoxy) is 2. The summed E-state index contributed by atoms with van der Waals surface area (Å²) in [7, 11) is 0. The SMILES string of the molecule is CCOCCC1(CNC(=O)N2CCOC[C@H]2C)CCCC1. The van der Waals surface area contributed by atoms with Crippen LogP contribution < -0.4 is 5.32 Å². The molecule has 0 bridgehead atoms. The molecule has 5 nitrogen and oxygen atoms in total. The van der Waals surface area contributed by atoms with Crippen molar-refractivity contribution in [3.8, 4) is 0 Å². The molecule has 1 aliphatic carbocycles. The van der Waals surface area contributed by atoms with Gasteiger partial charge in [-0.3, -0.25) is 0 Å². The first-order chi connectivity index (χ1) is 10.2. The number of nitrogens with zero attached hydrogens (tertiary/aromatic N) is 1. The fraction of sp³-hybridized carbons (Fsp3) is 0.938. The Morgan fingerprint density at radius 1 is 1.43 bits per heavy atom. The maximum Gasteiger partial charge on any atom is 0.317 e.